The molecule has 0 radical (unpaired) electrons. The number of methoxy groups -OCH3 is 1. The lowest BCUT2D eigenvalue weighted by Crippen LogP contribution is -2.64. The highest BCUT2D eigenvalue weighted by Gasteiger charge is 2.53. The molecule has 4 rings (SSSR count). The number of rotatable bonds is 13. The van der Waals surface area contributed by atoms with E-state index < -0.39 is 144 Å². The maximum atomic E-state index is 13.9. The topological polar surface area (TPSA) is 293 Å². The number of aromatic hydroxyl groups is 2. The lowest BCUT2D eigenvalue weighted by Gasteiger charge is -2.47. The molecule has 14 atom stereocenters. The number of cyclic esters (lactones) is 1. The Balaban J connectivity index is 1.61. The lowest BCUT2D eigenvalue weighted by atomic mass is 9.88. The van der Waals surface area contributed by atoms with Crippen LogP contribution in [0.2, 0.25) is 5.02 Å². The zero-order valence-corrected chi connectivity index (χ0v) is 44.0. The molecule has 1 aromatic rings. The van der Waals surface area contributed by atoms with Crippen molar-refractivity contribution in [2.45, 2.75) is 187 Å². The largest absolute Gasteiger partial charge is 0.505 e. The fraction of sp³-hybridized carbons (Fsp3) is 0.635. The molecule has 20 heteroatoms. The summed E-state index contributed by atoms with van der Waals surface area (Å²) in [5.74, 6) is -4.76. The van der Waals surface area contributed by atoms with Gasteiger partial charge in [0.25, 0.3) is 0 Å². The van der Waals surface area contributed by atoms with E-state index in [1.165, 1.54) is 33.1 Å². The fourth-order valence-electron chi connectivity index (χ4n) is 8.68. The number of carbonyl (C=O) groups is 3. The average molecular weight is 1040 g/mol. The van der Waals surface area contributed by atoms with E-state index in [1.54, 1.807) is 53.7 Å². The Morgan fingerprint density at radius 3 is 2.21 bits per heavy atom. The van der Waals surface area contributed by atoms with Gasteiger partial charge in [-0.3, -0.25) is 4.79 Å². The van der Waals surface area contributed by atoms with Crippen LogP contribution in [0.3, 0.4) is 0 Å². The molecule has 1 aromatic carbocycles. The second-order valence-corrected chi connectivity index (χ2v) is 19.8. The number of ether oxygens (including phenoxy) is 8. The summed E-state index contributed by atoms with van der Waals surface area (Å²) < 4.78 is 47.5. The Kier molecular flexibility index (Phi) is 21.9. The number of benzene rings is 1. The molecule has 19 nitrogen and oxygen atoms in total. The Bertz CT molecular complexity index is 2220. The summed E-state index contributed by atoms with van der Waals surface area (Å²) in [5, 5.41) is 76.7. The van der Waals surface area contributed by atoms with Crippen LogP contribution in [0.5, 0.6) is 11.5 Å². The molecule has 72 heavy (non-hydrogen) atoms. The second-order valence-electron chi connectivity index (χ2n) is 19.5. The molecule has 0 unspecified atom stereocenters. The first-order valence-corrected chi connectivity index (χ1v) is 24.6. The SMILES string of the molecule is CCc1c(N)c(O)c(Cl)c(O)c1C(=O)O[C@H]1[C@H](O)[C@H](OC)[C@H](OC/C2=C\C=C\C[C@H](O)/C(C)=C/[C@H](CC)[C@@H](O[C@@H]3OC(C)(C)[C@@H](OC(=O)C(C)C)[C@H](O)[C@@H]3O)/C(C)=C/C(C)=C/C[C@@H]([C@@H](C)O)OC2=O)O[C@@H]1C. The van der Waals surface area contributed by atoms with Crippen LogP contribution in [0.25, 0.3) is 0 Å². The zero-order chi connectivity index (χ0) is 54.1. The van der Waals surface area contributed by atoms with Gasteiger partial charge in [0.15, 0.2) is 36.3 Å². The molecule has 2 saturated heterocycles. The molecule has 404 valence electrons. The van der Waals surface area contributed by atoms with Crippen LogP contribution in [-0.4, -0.2) is 153 Å². The first-order valence-electron chi connectivity index (χ1n) is 24.3. The molecule has 0 bridgehead atoms. The van der Waals surface area contributed by atoms with Gasteiger partial charge in [-0.1, -0.05) is 75.2 Å². The molecule has 0 aromatic heterocycles. The third-order valence-electron chi connectivity index (χ3n) is 13.1. The minimum Gasteiger partial charge on any atom is -0.505 e. The highest BCUT2D eigenvalue weighted by atomic mass is 35.5. The summed E-state index contributed by atoms with van der Waals surface area (Å²) in [5.41, 5.74) is 6.10. The number of hydrogen-bond acceptors (Lipinski definition) is 19. The number of nitrogens with two attached hydrogens (primary N) is 1. The number of aliphatic hydroxyl groups is 5. The number of allylic oxidation sites excluding steroid dienone is 4. The second kappa shape index (κ2) is 26.2. The van der Waals surface area contributed by atoms with Crippen LogP contribution in [0.1, 0.15) is 111 Å². The molecule has 9 N–H and O–H groups in total. The minimum atomic E-state index is -1.61. The quantitative estimate of drug-likeness (QED) is 0.0316. The van der Waals surface area contributed by atoms with Gasteiger partial charge < -0.3 is 79.4 Å². The van der Waals surface area contributed by atoms with Crippen molar-refractivity contribution in [2.24, 2.45) is 11.8 Å². The number of nitrogen functional groups attached to an aromatic ring is 1. The molecular weight excluding hydrogens is 962 g/mol. The molecule has 3 aliphatic rings. The van der Waals surface area contributed by atoms with E-state index in [9.17, 15) is 50.1 Å². The highest BCUT2D eigenvalue weighted by Crippen LogP contribution is 2.44. The summed E-state index contributed by atoms with van der Waals surface area (Å²) in [6, 6.07) is 0. The molecule has 3 aliphatic heterocycles. The Hall–Kier alpha value is -4.38. The number of phenolic OH excluding ortho intramolecular Hbond substituents is 2. The van der Waals surface area contributed by atoms with Crippen molar-refractivity contribution >= 4 is 35.2 Å². The minimum absolute atomic E-state index is 0.0365. The third kappa shape index (κ3) is 14.5. The van der Waals surface area contributed by atoms with Crippen LogP contribution >= 0.6 is 11.6 Å². The number of aliphatic hydroxyl groups excluding tert-OH is 5. The number of halogens is 1. The number of anilines is 1. The number of carbonyl (C=O) groups excluding carboxylic acids is 3. The van der Waals surface area contributed by atoms with Crippen LogP contribution in [-0.2, 0) is 53.9 Å². The van der Waals surface area contributed by atoms with Gasteiger partial charge in [-0.2, -0.15) is 0 Å². The van der Waals surface area contributed by atoms with E-state index in [-0.39, 0.29) is 36.1 Å². The molecule has 2 fully saturated rings. The van der Waals surface area contributed by atoms with Crippen molar-refractivity contribution in [1.82, 2.24) is 0 Å². The van der Waals surface area contributed by atoms with E-state index in [1.807, 2.05) is 32.9 Å². The predicted molar refractivity (Wildman–Crippen MR) is 264 cm³/mol. The summed E-state index contributed by atoms with van der Waals surface area (Å²) in [4.78, 5) is 40.0. The van der Waals surface area contributed by atoms with E-state index in [2.05, 4.69) is 0 Å². The van der Waals surface area contributed by atoms with E-state index in [0.29, 0.717) is 23.1 Å². The van der Waals surface area contributed by atoms with Crippen molar-refractivity contribution in [3.63, 3.8) is 0 Å². The number of esters is 3. The summed E-state index contributed by atoms with van der Waals surface area (Å²) in [7, 11) is 1.26. The van der Waals surface area contributed by atoms with Gasteiger partial charge in [0.2, 0.25) is 0 Å². The molecule has 3 heterocycles. The maximum Gasteiger partial charge on any atom is 0.342 e. The van der Waals surface area contributed by atoms with Gasteiger partial charge in [0.05, 0.1) is 48.2 Å². The van der Waals surface area contributed by atoms with E-state index in [4.69, 9.17) is 55.2 Å². The lowest BCUT2D eigenvalue weighted by molar-refractivity contribution is -0.333. The zero-order valence-electron chi connectivity index (χ0n) is 43.2. The smallest absolute Gasteiger partial charge is 0.342 e. The van der Waals surface area contributed by atoms with Gasteiger partial charge in [0, 0.05) is 19.4 Å². The molecule has 0 amide bonds. The standard InChI is InChI=1S/C52H76ClNO18/c1-13-30-22-26(6)33(56)18-16-15-17-31(23-66-51-45(65-12)42(61)44(29(9)67-51)69-49(64)35-32(14-2)37(54)39(58)36(53)38(35)57)48(63)68-34(28(8)55)20-19-25(5)21-27(7)43(30)70-50-41(60)40(59)46(52(10,11)72-50)71-47(62)24(3)4/h15-17,19,21-22,24,28-30,33-34,40-46,50-51,55-61H,13-14,18,20,23,54H2,1-12H3/b16-15+,25-19+,26-22+,27-21+,31-17+/t28-,29-,30+,33+,34+,40-,41+,42+,43+,44-,45+,46+,50-,51-/m1/s1. The predicted octanol–water partition coefficient (Wildman–Crippen LogP) is 5.16. The van der Waals surface area contributed by atoms with Crippen LogP contribution < -0.4 is 5.73 Å². The van der Waals surface area contributed by atoms with Gasteiger partial charge in [-0.25, -0.2) is 9.59 Å². The first-order chi connectivity index (χ1) is 33.7. The monoisotopic (exact) mass is 1040 g/mol. The van der Waals surface area contributed by atoms with Gasteiger partial charge in [-0.15, -0.1) is 0 Å². The average Bonchev–Trinajstić information content (AvgIpc) is 3.32. The molecular formula is C52H76ClNO18. The molecule has 0 spiro atoms. The Morgan fingerprint density at radius 1 is 0.944 bits per heavy atom. The highest BCUT2D eigenvalue weighted by molar-refractivity contribution is 6.34. The van der Waals surface area contributed by atoms with Crippen molar-refractivity contribution in [3.8, 4) is 11.5 Å². The van der Waals surface area contributed by atoms with Gasteiger partial charge >= 0.3 is 17.9 Å². The van der Waals surface area contributed by atoms with E-state index in [0.717, 1.165) is 0 Å². The fourth-order valence-corrected chi connectivity index (χ4v) is 8.88. The normalized spacial score (nSPS) is 34.8. The number of hydrogen-bond donors (Lipinski definition) is 8. The van der Waals surface area contributed by atoms with Crippen LogP contribution in [0.4, 0.5) is 5.69 Å². The van der Waals surface area contributed by atoms with Crippen molar-refractivity contribution in [2.75, 3.05) is 19.5 Å². The maximum absolute atomic E-state index is 13.9. The van der Waals surface area contributed by atoms with Gasteiger partial charge in [-0.05, 0) is 90.5 Å². The van der Waals surface area contributed by atoms with Crippen LogP contribution in [0.15, 0.2) is 58.7 Å². The van der Waals surface area contributed by atoms with Crippen molar-refractivity contribution in [3.05, 3.63) is 74.9 Å². The van der Waals surface area contributed by atoms with Crippen molar-refractivity contribution < 1.29 is 88.0 Å². The van der Waals surface area contributed by atoms with Crippen LogP contribution in [0, 0.1) is 11.8 Å². The van der Waals surface area contributed by atoms with E-state index >= 15 is 0 Å². The summed E-state index contributed by atoms with van der Waals surface area (Å²) in [6.45, 7) is 18.1. The number of phenols is 2. The molecule has 0 aliphatic carbocycles. The third-order valence-corrected chi connectivity index (χ3v) is 13.5. The Labute approximate surface area is 426 Å². The Morgan fingerprint density at radius 2 is 1.61 bits per heavy atom. The summed E-state index contributed by atoms with van der Waals surface area (Å²) >= 11 is 6.04. The first kappa shape index (κ1) is 60.2. The van der Waals surface area contributed by atoms with Gasteiger partial charge in [0.1, 0.15) is 46.7 Å². The molecule has 0 saturated carbocycles. The summed E-state index contributed by atoms with van der Waals surface area (Å²) in [6.07, 6.45) is -5.43. The van der Waals surface area contributed by atoms with Crippen molar-refractivity contribution in [1.29, 1.82) is 0 Å².